The Hall–Kier alpha value is -0.730. The molecule has 0 heterocycles. The molecule has 3 nitrogen and oxygen atoms in total. The van der Waals surface area contributed by atoms with Crippen LogP contribution in [0.1, 0.15) is 65.2 Å². The molecule has 0 spiro atoms. The molecule has 0 aromatic heterocycles. The average Bonchev–Trinajstić information content (AvgIpc) is 2.87. The number of nitrogens with one attached hydrogen (secondary N) is 1. The lowest BCUT2D eigenvalue weighted by molar-refractivity contribution is 0.197. The van der Waals surface area contributed by atoms with Gasteiger partial charge in [-0.15, -0.1) is 0 Å². The molecule has 0 atom stereocenters. The molecule has 3 heteroatoms. The SMILES string of the molecule is CCCN(CCC)C(=O)NCCCC1CCCC1. The van der Waals surface area contributed by atoms with Crippen LogP contribution in [0.4, 0.5) is 4.79 Å². The normalized spacial score (nSPS) is 15.9. The van der Waals surface area contributed by atoms with E-state index in [0.29, 0.717) is 0 Å². The van der Waals surface area contributed by atoms with Crippen LogP contribution in [-0.2, 0) is 0 Å². The maximum Gasteiger partial charge on any atom is 0.317 e. The van der Waals surface area contributed by atoms with E-state index < -0.39 is 0 Å². The van der Waals surface area contributed by atoms with Crippen molar-refractivity contribution in [3.63, 3.8) is 0 Å². The molecule has 0 bridgehead atoms. The molecule has 1 fully saturated rings. The van der Waals surface area contributed by atoms with E-state index in [1.54, 1.807) is 0 Å². The highest BCUT2D eigenvalue weighted by molar-refractivity contribution is 5.74. The van der Waals surface area contributed by atoms with Gasteiger partial charge in [-0.2, -0.15) is 0 Å². The molecular weight excluding hydrogens is 224 g/mol. The van der Waals surface area contributed by atoms with Crippen molar-refractivity contribution in [2.45, 2.75) is 65.2 Å². The van der Waals surface area contributed by atoms with Crippen molar-refractivity contribution in [1.29, 1.82) is 0 Å². The van der Waals surface area contributed by atoms with Crippen molar-refractivity contribution in [3.05, 3.63) is 0 Å². The van der Waals surface area contributed by atoms with Crippen LogP contribution in [0.5, 0.6) is 0 Å². The topological polar surface area (TPSA) is 32.3 Å². The highest BCUT2D eigenvalue weighted by Crippen LogP contribution is 2.28. The minimum Gasteiger partial charge on any atom is -0.338 e. The van der Waals surface area contributed by atoms with E-state index in [2.05, 4.69) is 19.2 Å². The van der Waals surface area contributed by atoms with Gasteiger partial charge >= 0.3 is 6.03 Å². The number of hydrogen-bond donors (Lipinski definition) is 1. The summed E-state index contributed by atoms with van der Waals surface area (Å²) in [6.45, 7) is 6.84. The third-order valence-electron chi connectivity index (χ3n) is 3.81. The zero-order valence-electron chi connectivity index (χ0n) is 12.2. The van der Waals surface area contributed by atoms with Crippen molar-refractivity contribution in [3.8, 4) is 0 Å². The molecule has 0 saturated heterocycles. The summed E-state index contributed by atoms with van der Waals surface area (Å²) in [5.41, 5.74) is 0. The maximum absolute atomic E-state index is 11.9. The number of carbonyl (C=O) groups excluding carboxylic acids is 1. The Labute approximate surface area is 112 Å². The summed E-state index contributed by atoms with van der Waals surface area (Å²) in [5.74, 6) is 0.935. The number of rotatable bonds is 8. The Morgan fingerprint density at radius 1 is 1.17 bits per heavy atom. The Morgan fingerprint density at radius 2 is 1.78 bits per heavy atom. The number of amides is 2. The number of carbonyl (C=O) groups is 1. The molecular formula is C15H30N2O. The molecule has 1 rings (SSSR count). The number of urea groups is 1. The predicted octanol–water partition coefficient (Wildman–Crippen LogP) is 3.79. The average molecular weight is 254 g/mol. The number of nitrogens with zero attached hydrogens (tertiary/aromatic N) is 1. The molecule has 2 amide bonds. The predicted molar refractivity (Wildman–Crippen MR) is 76.7 cm³/mol. The van der Waals surface area contributed by atoms with Crippen LogP contribution >= 0.6 is 0 Å². The second-order valence-corrected chi connectivity index (χ2v) is 5.51. The van der Waals surface area contributed by atoms with E-state index in [-0.39, 0.29) is 6.03 Å². The summed E-state index contributed by atoms with van der Waals surface area (Å²) in [6, 6.07) is 0.130. The molecule has 1 aliphatic carbocycles. The standard InChI is InChI=1S/C15H30N2O/c1-3-12-17(13-4-2)15(18)16-11-7-10-14-8-5-6-9-14/h14H,3-13H2,1-2H3,(H,16,18). The van der Waals surface area contributed by atoms with Gasteiger partial charge in [0.15, 0.2) is 0 Å². The largest absolute Gasteiger partial charge is 0.338 e. The van der Waals surface area contributed by atoms with Crippen LogP contribution in [0.25, 0.3) is 0 Å². The molecule has 0 aromatic carbocycles. The summed E-state index contributed by atoms with van der Waals surface area (Å²) in [5, 5.41) is 3.06. The molecule has 0 radical (unpaired) electrons. The van der Waals surface area contributed by atoms with Gasteiger partial charge in [-0.1, -0.05) is 39.5 Å². The fourth-order valence-electron chi connectivity index (χ4n) is 2.85. The monoisotopic (exact) mass is 254 g/mol. The lowest BCUT2D eigenvalue weighted by Crippen LogP contribution is -2.41. The van der Waals surface area contributed by atoms with Crippen molar-refractivity contribution in [2.24, 2.45) is 5.92 Å². The Balaban J connectivity index is 2.09. The third-order valence-corrected chi connectivity index (χ3v) is 3.81. The number of hydrogen-bond acceptors (Lipinski definition) is 1. The first-order chi connectivity index (χ1) is 8.77. The van der Waals surface area contributed by atoms with Crippen LogP contribution in [0, 0.1) is 5.92 Å². The summed E-state index contributed by atoms with van der Waals surface area (Å²) in [7, 11) is 0. The van der Waals surface area contributed by atoms with Gasteiger partial charge in [0.25, 0.3) is 0 Å². The lowest BCUT2D eigenvalue weighted by Gasteiger charge is -2.22. The van der Waals surface area contributed by atoms with E-state index >= 15 is 0 Å². The van der Waals surface area contributed by atoms with E-state index in [4.69, 9.17) is 0 Å². The highest BCUT2D eigenvalue weighted by atomic mass is 16.2. The van der Waals surface area contributed by atoms with Gasteiger partial charge in [-0.25, -0.2) is 4.79 Å². The summed E-state index contributed by atoms with van der Waals surface area (Å²) in [6.07, 6.45) is 10.2. The first kappa shape index (κ1) is 15.3. The van der Waals surface area contributed by atoms with Crippen molar-refractivity contribution in [1.82, 2.24) is 10.2 Å². The van der Waals surface area contributed by atoms with Gasteiger partial charge in [-0.3, -0.25) is 0 Å². The van der Waals surface area contributed by atoms with Gasteiger partial charge in [0.2, 0.25) is 0 Å². The van der Waals surface area contributed by atoms with Gasteiger partial charge in [0, 0.05) is 19.6 Å². The van der Waals surface area contributed by atoms with Crippen LogP contribution < -0.4 is 5.32 Å². The Kier molecular flexibility index (Phi) is 7.86. The van der Waals surface area contributed by atoms with Gasteiger partial charge < -0.3 is 10.2 Å². The zero-order valence-corrected chi connectivity index (χ0v) is 12.2. The van der Waals surface area contributed by atoms with Crippen LogP contribution in [0.15, 0.2) is 0 Å². The minimum atomic E-state index is 0.130. The van der Waals surface area contributed by atoms with Gasteiger partial charge in [-0.05, 0) is 31.6 Å². The van der Waals surface area contributed by atoms with E-state index in [0.717, 1.165) is 44.8 Å². The summed E-state index contributed by atoms with van der Waals surface area (Å²) in [4.78, 5) is 13.9. The van der Waals surface area contributed by atoms with Crippen molar-refractivity contribution in [2.75, 3.05) is 19.6 Å². The van der Waals surface area contributed by atoms with Crippen LogP contribution in [0.3, 0.4) is 0 Å². The van der Waals surface area contributed by atoms with Crippen LogP contribution in [-0.4, -0.2) is 30.6 Å². The Bertz CT molecular complexity index is 219. The minimum absolute atomic E-state index is 0.130. The second-order valence-electron chi connectivity index (χ2n) is 5.51. The highest BCUT2D eigenvalue weighted by Gasteiger charge is 2.15. The first-order valence-electron chi connectivity index (χ1n) is 7.80. The van der Waals surface area contributed by atoms with Crippen LogP contribution in [0.2, 0.25) is 0 Å². The first-order valence-corrected chi connectivity index (χ1v) is 7.80. The Morgan fingerprint density at radius 3 is 2.33 bits per heavy atom. The summed E-state index contributed by atoms with van der Waals surface area (Å²) < 4.78 is 0. The van der Waals surface area contributed by atoms with E-state index in [1.165, 1.54) is 32.1 Å². The smallest absolute Gasteiger partial charge is 0.317 e. The molecule has 106 valence electrons. The van der Waals surface area contributed by atoms with E-state index in [1.807, 2.05) is 4.90 Å². The fraction of sp³-hybridized carbons (Fsp3) is 0.933. The summed E-state index contributed by atoms with van der Waals surface area (Å²) >= 11 is 0. The fourth-order valence-corrected chi connectivity index (χ4v) is 2.85. The molecule has 0 unspecified atom stereocenters. The third kappa shape index (κ3) is 5.74. The molecule has 1 saturated carbocycles. The lowest BCUT2D eigenvalue weighted by atomic mass is 10.0. The molecule has 0 aromatic rings. The van der Waals surface area contributed by atoms with Gasteiger partial charge in [0.1, 0.15) is 0 Å². The molecule has 0 aliphatic heterocycles. The molecule has 1 aliphatic rings. The zero-order chi connectivity index (χ0) is 13.2. The second kappa shape index (κ2) is 9.23. The van der Waals surface area contributed by atoms with Gasteiger partial charge in [0.05, 0.1) is 0 Å². The molecule has 18 heavy (non-hydrogen) atoms. The molecule has 1 N–H and O–H groups in total. The van der Waals surface area contributed by atoms with Crippen molar-refractivity contribution >= 4 is 6.03 Å². The maximum atomic E-state index is 11.9. The van der Waals surface area contributed by atoms with E-state index in [9.17, 15) is 4.79 Å². The van der Waals surface area contributed by atoms with Crippen molar-refractivity contribution < 1.29 is 4.79 Å². The quantitative estimate of drug-likeness (QED) is 0.657.